The number of alkyl halides is 3. The first-order valence-electron chi connectivity index (χ1n) is 10.3. The molecule has 32 heavy (non-hydrogen) atoms. The molecule has 1 aliphatic heterocycles. The Balaban J connectivity index is 1.68. The number of aliphatic hydroxyl groups is 1. The summed E-state index contributed by atoms with van der Waals surface area (Å²) in [5.74, 6) is -0.864. The lowest BCUT2D eigenvalue weighted by molar-refractivity contribution is -0.274. The smallest absolute Gasteiger partial charge is 0.406 e. The van der Waals surface area contributed by atoms with Crippen molar-refractivity contribution in [3.8, 4) is 16.9 Å². The van der Waals surface area contributed by atoms with Gasteiger partial charge in [-0.05, 0) is 35.7 Å². The number of amides is 1. The zero-order valence-corrected chi connectivity index (χ0v) is 17.7. The second-order valence-electron chi connectivity index (χ2n) is 7.60. The molecule has 0 spiro atoms. The molecule has 0 atom stereocenters. The number of aliphatic hydroxyl groups excluding tert-OH is 1. The standard InChI is InChI=1S/C23H25F3N2O4/c1-16-19(17-5-7-18(8-6-17)32-23(24,25)26)3-2-4-20(16)21(30)15-22(31)28-11-9-27(10-12-28)13-14-29/h2-8,29H,9-15H2,1H3. The number of β-amino-alcohol motifs (C(OH)–C–C–N with tert-alkyl or cyclic N) is 1. The highest BCUT2D eigenvalue weighted by molar-refractivity contribution is 6.08. The van der Waals surface area contributed by atoms with Crippen LogP contribution in [0, 0.1) is 6.92 Å². The zero-order chi connectivity index (χ0) is 23.3. The van der Waals surface area contributed by atoms with E-state index in [1.165, 1.54) is 24.3 Å². The van der Waals surface area contributed by atoms with Crippen molar-refractivity contribution in [1.29, 1.82) is 0 Å². The van der Waals surface area contributed by atoms with Crippen molar-refractivity contribution in [2.75, 3.05) is 39.3 Å². The van der Waals surface area contributed by atoms with E-state index in [1.54, 1.807) is 30.0 Å². The molecule has 3 rings (SSSR count). The quantitative estimate of drug-likeness (QED) is 0.518. The topological polar surface area (TPSA) is 70.1 Å². The van der Waals surface area contributed by atoms with E-state index in [0.717, 1.165) is 0 Å². The third kappa shape index (κ3) is 6.08. The van der Waals surface area contributed by atoms with Gasteiger partial charge in [-0.3, -0.25) is 14.5 Å². The first-order valence-corrected chi connectivity index (χ1v) is 10.3. The Hall–Kier alpha value is -2.91. The third-order valence-electron chi connectivity index (χ3n) is 5.49. The zero-order valence-electron chi connectivity index (χ0n) is 17.7. The highest BCUT2D eigenvalue weighted by Gasteiger charge is 2.31. The van der Waals surface area contributed by atoms with Crippen LogP contribution in [0.4, 0.5) is 13.2 Å². The molecule has 1 aliphatic rings. The molecule has 0 bridgehead atoms. The summed E-state index contributed by atoms with van der Waals surface area (Å²) in [5, 5.41) is 9.01. The highest BCUT2D eigenvalue weighted by atomic mass is 19.4. The molecule has 0 radical (unpaired) electrons. The van der Waals surface area contributed by atoms with Gasteiger partial charge in [0.05, 0.1) is 13.0 Å². The Bertz CT molecular complexity index is 953. The third-order valence-corrected chi connectivity index (χ3v) is 5.49. The molecule has 0 saturated carbocycles. The van der Waals surface area contributed by atoms with Crippen LogP contribution in [-0.2, 0) is 4.79 Å². The number of ketones is 1. The van der Waals surface area contributed by atoms with Gasteiger partial charge in [0.2, 0.25) is 5.91 Å². The molecule has 6 nitrogen and oxygen atoms in total. The number of Topliss-reactive ketones (excluding diaryl/α,β-unsaturated/α-hetero) is 1. The molecule has 1 N–H and O–H groups in total. The van der Waals surface area contributed by atoms with Crippen LogP contribution in [0.3, 0.4) is 0 Å². The molecule has 0 unspecified atom stereocenters. The molecule has 1 saturated heterocycles. The summed E-state index contributed by atoms with van der Waals surface area (Å²) in [4.78, 5) is 29.2. The minimum atomic E-state index is -4.76. The van der Waals surface area contributed by atoms with Crippen LogP contribution in [0.25, 0.3) is 11.1 Å². The van der Waals surface area contributed by atoms with E-state index < -0.39 is 6.36 Å². The largest absolute Gasteiger partial charge is 0.573 e. The maximum absolute atomic E-state index is 12.8. The molecule has 172 valence electrons. The van der Waals surface area contributed by atoms with E-state index in [0.29, 0.717) is 55.0 Å². The van der Waals surface area contributed by atoms with Gasteiger partial charge in [0.25, 0.3) is 0 Å². The number of rotatable bonds is 7. The van der Waals surface area contributed by atoms with Crippen LogP contribution in [0.2, 0.25) is 0 Å². The van der Waals surface area contributed by atoms with Crippen molar-refractivity contribution in [2.24, 2.45) is 0 Å². The highest BCUT2D eigenvalue weighted by Crippen LogP contribution is 2.30. The first-order chi connectivity index (χ1) is 15.2. The van der Waals surface area contributed by atoms with Gasteiger partial charge in [0.15, 0.2) is 5.78 Å². The average molecular weight is 450 g/mol. The maximum Gasteiger partial charge on any atom is 0.573 e. The van der Waals surface area contributed by atoms with E-state index in [2.05, 4.69) is 9.64 Å². The number of nitrogens with zero attached hydrogens (tertiary/aromatic N) is 2. The normalized spacial score (nSPS) is 15.0. The van der Waals surface area contributed by atoms with Crippen LogP contribution in [-0.4, -0.2) is 72.3 Å². The maximum atomic E-state index is 12.8. The van der Waals surface area contributed by atoms with Gasteiger partial charge in [-0.25, -0.2) is 0 Å². The molecule has 1 fully saturated rings. The molecular weight excluding hydrogens is 425 g/mol. The van der Waals surface area contributed by atoms with Crippen molar-refractivity contribution in [3.05, 3.63) is 53.6 Å². The molecule has 1 heterocycles. The number of benzene rings is 2. The number of hydrogen-bond donors (Lipinski definition) is 1. The van der Waals surface area contributed by atoms with Crippen molar-refractivity contribution in [1.82, 2.24) is 9.80 Å². The van der Waals surface area contributed by atoms with E-state index in [4.69, 9.17) is 5.11 Å². The van der Waals surface area contributed by atoms with Crippen LogP contribution >= 0.6 is 0 Å². The fourth-order valence-corrected chi connectivity index (χ4v) is 3.79. The summed E-state index contributed by atoms with van der Waals surface area (Å²) >= 11 is 0. The van der Waals surface area contributed by atoms with E-state index in [1.807, 2.05) is 0 Å². The molecule has 9 heteroatoms. The summed E-state index contributed by atoms with van der Waals surface area (Å²) in [7, 11) is 0. The molecular formula is C23H25F3N2O4. The summed E-state index contributed by atoms with van der Waals surface area (Å²) < 4.78 is 41.0. The minimum absolute atomic E-state index is 0.0696. The summed E-state index contributed by atoms with van der Waals surface area (Å²) in [6, 6.07) is 10.5. The van der Waals surface area contributed by atoms with Gasteiger partial charge in [-0.2, -0.15) is 0 Å². The summed E-state index contributed by atoms with van der Waals surface area (Å²) in [6.45, 7) is 4.72. The van der Waals surface area contributed by atoms with Gasteiger partial charge in [0, 0.05) is 38.3 Å². The lowest BCUT2D eigenvalue weighted by Crippen LogP contribution is -2.49. The number of carbonyl (C=O) groups excluding carboxylic acids is 2. The monoisotopic (exact) mass is 450 g/mol. The van der Waals surface area contributed by atoms with Crippen molar-refractivity contribution in [2.45, 2.75) is 19.7 Å². The SMILES string of the molecule is Cc1c(C(=O)CC(=O)N2CCN(CCO)CC2)cccc1-c1ccc(OC(F)(F)F)cc1. The number of ether oxygens (including phenoxy) is 1. The van der Waals surface area contributed by atoms with Crippen molar-refractivity contribution >= 4 is 11.7 Å². The van der Waals surface area contributed by atoms with Gasteiger partial charge >= 0.3 is 6.36 Å². The van der Waals surface area contributed by atoms with E-state index >= 15 is 0 Å². The van der Waals surface area contributed by atoms with Gasteiger partial charge in [-0.15, -0.1) is 13.2 Å². The Kier molecular flexibility index (Phi) is 7.52. The van der Waals surface area contributed by atoms with Crippen LogP contribution in [0.5, 0.6) is 5.75 Å². The molecule has 1 amide bonds. The van der Waals surface area contributed by atoms with Gasteiger partial charge in [0.1, 0.15) is 5.75 Å². The molecule has 2 aromatic carbocycles. The number of piperazine rings is 1. The van der Waals surface area contributed by atoms with Crippen LogP contribution in [0.1, 0.15) is 22.3 Å². The second-order valence-corrected chi connectivity index (χ2v) is 7.60. The van der Waals surface area contributed by atoms with Crippen LogP contribution in [0.15, 0.2) is 42.5 Å². The lowest BCUT2D eigenvalue weighted by Gasteiger charge is -2.34. The summed E-state index contributed by atoms with van der Waals surface area (Å²) in [6.07, 6.45) is -5.01. The molecule has 2 aromatic rings. The van der Waals surface area contributed by atoms with E-state index in [-0.39, 0.29) is 30.5 Å². The van der Waals surface area contributed by atoms with E-state index in [9.17, 15) is 22.8 Å². The Labute approximate surface area is 184 Å². The molecule has 0 aromatic heterocycles. The van der Waals surface area contributed by atoms with Gasteiger partial charge in [-0.1, -0.05) is 30.3 Å². The number of hydrogen-bond acceptors (Lipinski definition) is 5. The number of carbonyl (C=O) groups is 2. The van der Waals surface area contributed by atoms with Crippen molar-refractivity contribution in [3.63, 3.8) is 0 Å². The fraction of sp³-hybridized carbons (Fsp3) is 0.391. The summed E-state index contributed by atoms with van der Waals surface area (Å²) in [5.41, 5.74) is 2.39. The fourth-order valence-electron chi connectivity index (χ4n) is 3.79. The predicted molar refractivity (Wildman–Crippen MR) is 112 cm³/mol. The Morgan fingerprint density at radius 3 is 2.28 bits per heavy atom. The number of halogens is 3. The first kappa shape index (κ1) is 23.7. The predicted octanol–water partition coefficient (Wildman–Crippen LogP) is 3.27. The Morgan fingerprint density at radius 1 is 1.03 bits per heavy atom. The second kappa shape index (κ2) is 10.1. The van der Waals surface area contributed by atoms with Crippen molar-refractivity contribution < 1.29 is 32.6 Å². The van der Waals surface area contributed by atoms with Crippen LogP contribution < -0.4 is 4.74 Å². The lowest BCUT2D eigenvalue weighted by atomic mass is 9.93. The average Bonchev–Trinajstić information content (AvgIpc) is 2.74. The molecule has 0 aliphatic carbocycles. The van der Waals surface area contributed by atoms with Gasteiger partial charge < -0.3 is 14.7 Å². The Morgan fingerprint density at radius 2 is 1.69 bits per heavy atom. The minimum Gasteiger partial charge on any atom is -0.406 e.